The van der Waals surface area contributed by atoms with Crippen LogP contribution in [0.4, 0.5) is 0 Å². The first-order valence-corrected chi connectivity index (χ1v) is 6.29. The number of aliphatic hydroxyl groups excluding tert-OH is 1. The molecule has 2 aromatic rings. The number of benzene rings is 2. The third-order valence-corrected chi connectivity index (χ3v) is 3.28. The molecule has 4 nitrogen and oxygen atoms in total. The monoisotopic (exact) mass is 282 g/mol. The third kappa shape index (κ3) is 4.15. The largest absolute Gasteiger partial charge is 1.00 e. The number of hydrogen-bond acceptors (Lipinski definition) is 4. The number of rotatable bonds is 2. The quantitative estimate of drug-likeness (QED) is 0.441. The van der Waals surface area contributed by atoms with Gasteiger partial charge in [-0.2, -0.15) is 0 Å². The zero-order valence-electron chi connectivity index (χ0n) is 10.2. The standard InChI is InChI=1S/C11H11O4P.2Na/c12-11(16(13,14)15)10-7-3-5-8-4-1-2-6-9(8)10;;/h1-7,11-12H,(H2,13,14,15);;/q;2*+1/p-2. The van der Waals surface area contributed by atoms with Gasteiger partial charge in [-0.25, -0.2) is 0 Å². The van der Waals surface area contributed by atoms with E-state index in [0.717, 1.165) is 5.39 Å². The van der Waals surface area contributed by atoms with Crippen molar-refractivity contribution in [1.82, 2.24) is 0 Å². The molecule has 0 aromatic heterocycles. The molecule has 1 N–H and O–H groups in total. The summed E-state index contributed by atoms with van der Waals surface area (Å²) in [6.07, 6.45) is 0. The maximum atomic E-state index is 10.8. The van der Waals surface area contributed by atoms with E-state index in [0.29, 0.717) is 5.39 Å². The fourth-order valence-corrected chi connectivity index (χ4v) is 2.21. The van der Waals surface area contributed by atoms with Gasteiger partial charge in [-0.1, -0.05) is 42.5 Å². The topological polar surface area (TPSA) is 83.4 Å². The molecule has 0 radical (unpaired) electrons. The van der Waals surface area contributed by atoms with E-state index in [1.165, 1.54) is 6.07 Å². The summed E-state index contributed by atoms with van der Waals surface area (Å²) in [6, 6.07) is 11.8. The summed E-state index contributed by atoms with van der Waals surface area (Å²) in [7, 11) is -5.03. The SMILES string of the molecule is O=P([O-])([O-])C(O)c1cccc2ccccc12.[Na+].[Na+]. The van der Waals surface area contributed by atoms with Crippen molar-refractivity contribution < 1.29 is 78.6 Å². The summed E-state index contributed by atoms with van der Waals surface area (Å²) in [5.74, 6) is -1.99. The van der Waals surface area contributed by atoms with Crippen LogP contribution in [-0.2, 0) is 4.57 Å². The van der Waals surface area contributed by atoms with Crippen molar-refractivity contribution in [1.29, 1.82) is 0 Å². The van der Waals surface area contributed by atoms with Crippen LogP contribution in [0.2, 0.25) is 0 Å². The Morgan fingerprint density at radius 3 is 2.17 bits per heavy atom. The van der Waals surface area contributed by atoms with Crippen LogP contribution in [0.3, 0.4) is 0 Å². The van der Waals surface area contributed by atoms with Crippen LogP contribution in [0, 0.1) is 0 Å². The Morgan fingerprint density at radius 1 is 1.00 bits per heavy atom. The Morgan fingerprint density at radius 2 is 1.56 bits per heavy atom. The maximum absolute atomic E-state index is 10.8. The second kappa shape index (κ2) is 7.55. The van der Waals surface area contributed by atoms with Crippen LogP contribution in [-0.4, -0.2) is 5.11 Å². The van der Waals surface area contributed by atoms with E-state index in [2.05, 4.69) is 0 Å². The van der Waals surface area contributed by atoms with E-state index in [-0.39, 0.29) is 64.7 Å². The Labute approximate surface area is 149 Å². The molecule has 0 aliphatic carbocycles. The summed E-state index contributed by atoms with van der Waals surface area (Å²) in [6.45, 7) is 0. The summed E-state index contributed by atoms with van der Waals surface area (Å²) < 4.78 is 10.8. The molecule has 0 fully saturated rings. The maximum Gasteiger partial charge on any atom is 1.00 e. The summed E-state index contributed by atoms with van der Waals surface area (Å²) in [5.41, 5.74) is 0.131. The van der Waals surface area contributed by atoms with E-state index in [1.807, 2.05) is 0 Å². The normalized spacial score (nSPS) is 12.4. The molecule has 0 saturated heterocycles. The fraction of sp³-hybridized carbons (Fsp3) is 0.0909. The second-order valence-electron chi connectivity index (χ2n) is 3.48. The van der Waals surface area contributed by atoms with Crippen LogP contribution in [0.15, 0.2) is 42.5 Å². The zero-order chi connectivity index (χ0) is 11.8. The Hall–Kier alpha value is 0.810. The number of aliphatic hydroxyl groups is 1. The molecule has 7 heteroatoms. The van der Waals surface area contributed by atoms with Crippen molar-refractivity contribution in [3.8, 4) is 0 Å². The Balaban J connectivity index is 0.00000144. The minimum atomic E-state index is -5.03. The molecule has 0 heterocycles. The average Bonchev–Trinajstić information content (AvgIpc) is 2.26. The van der Waals surface area contributed by atoms with E-state index >= 15 is 0 Å². The van der Waals surface area contributed by atoms with E-state index < -0.39 is 13.4 Å². The van der Waals surface area contributed by atoms with Crippen LogP contribution < -0.4 is 68.9 Å². The smallest absolute Gasteiger partial charge is 0.809 e. The van der Waals surface area contributed by atoms with Crippen molar-refractivity contribution in [3.05, 3.63) is 48.0 Å². The Kier molecular flexibility index (Phi) is 7.89. The molecule has 0 saturated carbocycles. The van der Waals surface area contributed by atoms with Crippen LogP contribution >= 0.6 is 7.60 Å². The summed E-state index contributed by atoms with van der Waals surface area (Å²) in [5, 5.41) is 10.8. The molecular weight excluding hydrogens is 273 g/mol. The predicted octanol–water partition coefficient (Wildman–Crippen LogP) is -5.25. The van der Waals surface area contributed by atoms with Crippen LogP contribution in [0.1, 0.15) is 11.4 Å². The Bertz CT molecular complexity index is 564. The summed E-state index contributed by atoms with van der Waals surface area (Å²) >= 11 is 0. The van der Waals surface area contributed by atoms with E-state index in [9.17, 15) is 19.5 Å². The van der Waals surface area contributed by atoms with Gasteiger partial charge in [-0.15, -0.1) is 0 Å². The van der Waals surface area contributed by atoms with Gasteiger partial charge in [0.05, 0.1) is 0 Å². The van der Waals surface area contributed by atoms with Gasteiger partial charge in [0, 0.05) is 0 Å². The first-order valence-electron chi connectivity index (χ1n) is 4.67. The predicted molar refractivity (Wildman–Crippen MR) is 56.5 cm³/mol. The molecule has 0 aliphatic heterocycles. The first kappa shape index (κ1) is 18.8. The molecule has 0 spiro atoms. The molecular formula is C11H9Na2O4P. The van der Waals surface area contributed by atoms with Crippen molar-refractivity contribution in [2.75, 3.05) is 0 Å². The zero-order valence-corrected chi connectivity index (χ0v) is 15.1. The van der Waals surface area contributed by atoms with Gasteiger partial charge in [0.25, 0.3) is 0 Å². The first-order chi connectivity index (χ1) is 7.50. The minimum Gasteiger partial charge on any atom is -0.809 e. The van der Waals surface area contributed by atoms with Gasteiger partial charge < -0.3 is 19.5 Å². The van der Waals surface area contributed by atoms with Gasteiger partial charge in [0.2, 0.25) is 0 Å². The molecule has 0 bridgehead atoms. The molecule has 0 amide bonds. The van der Waals surface area contributed by atoms with Gasteiger partial charge in [-0.05, 0) is 23.9 Å². The van der Waals surface area contributed by atoms with Gasteiger partial charge in [0.1, 0.15) is 5.85 Å². The van der Waals surface area contributed by atoms with Crippen molar-refractivity contribution in [2.24, 2.45) is 0 Å². The molecule has 84 valence electrons. The van der Waals surface area contributed by atoms with E-state index in [4.69, 9.17) is 0 Å². The molecule has 1 atom stereocenters. The van der Waals surface area contributed by atoms with Gasteiger partial charge >= 0.3 is 59.1 Å². The third-order valence-electron chi connectivity index (χ3n) is 2.40. The van der Waals surface area contributed by atoms with Gasteiger partial charge in [-0.3, -0.25) is 0 Å². The molecule has 0 aliphatic rings. The minimum absolute atomic E-state index is 0. The number of hydrogen-bond donors (Lipinski definition) is 1. The van der Waals surface area contributed by atoms with Crippen molar-refractivity contribution >= 4 is 18.4 Å². The number of fused-ring (bicyclic) bond motifs is 1. The van der Waals surface area contributed by atoms with Crippen molar-refractivity contribution in [2.45, 2.75) is 5.85 Å². The molecule has 1 unspecified atom stereocenters. The van der Waals surface area contributed by atoms with Gasteiger partial charge in [0.15, 0.2) is 0 Å². The van der Waals surface area contributed by atoms with Crippen molar-refractivity contribution in [3.63, 3.8) is 0 Å². The van der Waals surface area contributed by atoms with Crippen LogP contribution in [0.5, 0.6) is 0 Å². The van der Waals surface area contributed by atoms with E-state index in [1.54, 1.807) is 36.4 Å². The summed E-state index contributed by atoms with van der Waals surface area (Å²) in [4.78, 5) is 21.6. The molecule has 2 rings (SSSR count). The molecule has 2 aromatic carbocycles. The van der Waals surface area contributed by atoms with Crippen LogP contribution in [0.25, 0.3) is 10.8 Å². The fourth-order valence-electron chi connectivity index (χ4n) is 1.65. The molecule has 18 heavy (non-hydrogen) atoms. The average molecular weight is 282 g/mol. The second-order valence-corrected chi connectivity index (χ2v) is 5.05.